The van der Waals surface area contributed by atoms with Gasteiger partial charge < -0.3 is 26.0 Å². The number of hydrogen-bond donors (Lipinski definition) is 4. The molecule has 1 aromatic rings. The molecule has 4 N–H and O–H groups in total. The third-order valence-electron chi connectivity index (χ3n) is 7.91. The Balaban J connectivity index is 1.43. The van der Waals surface area contributed by atoms with Gasteiger partial charge in [-0.15, -0.1) is 0 Å². The van der Waals surface area contributed by atoms with E-state index in [0.29, 0.717) is 44.5 Å². The summed E-state index contributed by atoms with van der Waals surface area (Å²) in [5, 5.41) is 11.1. The standard InChI is InChI=1S/C33H47N5O7/c1-20(2)28(37-30(42)24-11-7-22(8-12-24)17-38-26(39)15-16-27(38)40)31(43)35-21(3)29(41)36-25-13-9-23(10-14-25)18-45-32(44)34-19-33(4,5)6/h9-10,13-16,20-22,24,28H,7-8,11-12,17-19H2,1-6H3,(H,34,44)(H,35,43)(H,36,41)(H,37,42)/t21-,22?,24?,28-/m0/s1. The van der Waals surface area contributed by atoms with Crippen molar-refractivity contribution in [2.75, 3.05) is 18.4 Å². The van der Waals surface area contributed by atoms with Crippen LogP contribution < -0.4 is 21.3 Å². The van der Waals surface area contributed by atoms with Gasteiger partial charge in [-0.05, 0) is 67.6 Å². The van der Waals surface area contributed by atoms with Gasteiger partial charge in [0.2, 0.25) is 17.7 Å². The second-order valence-corrected chi connectivity index (χ2v) is 13.5. The Hall–Kier alpha value is -4.22. The number of ether oxygens (including phenoxy) is 1. The molecular weight excluding hydrogens is 578 g/mol. The second-order valence-electron chi connectivity index (χ2n) is 13.5. The van der Waals surface area contributed by atoms with Crippen LogP contribution in [0.1, 0.15) is 72.8 Å². The van der Waals surface area contributed by atoms with Gasteiger partial charge in [0.25, 0.3) is 11.8 Å². The number of amides is 6. The van der Waals surface area contributed by atoms with Gasteiger partial charge in [0, 0.05) is 36.8 Å². The molecule has 3 rings (SSSR count). The third kappa shape index (κ3) is 11.0. The Morgan fingerprint density at radius 1 is 0.889 bits per heavy atom. The van der Waals surface area contributed by atoms with Crippen molar-refractivity contribution in [3.8, 4) is 0 Å². The minimum absolute atomic E-state index is 0.0557. The zero-order chi connectivity index (χ0) is 33.3. The van der Waals surface area contributed by atoms with E-state index >= 15 is 0 Å². The number of nitrogens with one attached hydrogen (secondary N) is 4. The molecule has 12 heteroatoms. The monoisotopic (exact) mass is 625 g/mol. The Morgan fingerprint density at radius 2 is 1.49 bits per heavy atom. The third-order valence-corrected chi connectivity index (χ3v) is 7.91. The maximum atomic E-state index is 13.1. The van der Waals surface area contributed by atoms with Crippen LogP contribution in [-0.2, 0) is 35.3 Å². The van der Waals surface area contributed by atoms with E-state index in [-0.39, 0.29) is 47.5 Å². The van der Waals surface area contributed by atoms with Gasteiger partial charge in [0.1, 0.15) is 18.7 Å². The molecule has 246 valence electrons. The van der Waals surface area contributed by atoms with Gasteiger partial charge in [-0.2, -0.15) is 0 Å². The second kappa shape index (κ2) is 15.7. The maximum Gasteiger partial charge on any atom is 0.407 e. The molecule has 0 radical (unpaired) electrons. The van der Waals surface area contributed by atoms with Gasteiger partial charge in [-0.3, -0.25) is 28.9 Å². The number of alkyl carbamates (subject to hydrolysis) is 1. The number of carbonyl (C=O) groups excluding carboxylic acids is 6. The fourth-order valence-electron chi connectivity index (χ4n) is 5.12. The molecule has 2 atom stereocenters. The number of benzene rings is 1. The summed E-state index contributed by atoms with van der Waals surface area (Å²) in [6, 6.07) is 5.14. The zero-order valence-electron chi connectivity index (χ0n) is 27.1. The lowest BCUT2D eigenvalue weighted by molar-refractivity contribution is -0.138. The van der Waals surface area contributed by atoms with Crippen molar-refractivity contribution in [3.05, 3.63) is 42.0 Å². The van der Waals surface area contributed by atoms with Crippen molar-refractivity contribution >= 4 is 41.3 Å². The van der Waals surface area contributed by atoms with E-state index in [1.807, 2.05) is 34.6 Å². The highest BCUT2D eigenvalue weighted by atomic mass is 16.5. The Bertz CT molecular complexity index is 1260. The molecule has 0 unspecified atom stereocenters. The van der Waals surface area contributed by atoms with Crippen molar-refractivity contribution in [2.45, 2.75) is 85.9 Å². The quantitative estimate of drug-likeness (QED) is 0.259. The average molecular weight is 626 g/mol. The first kappa shape index (κ1) is 35.3. The van der Waals surface area contributed by atoms with Gasteiger partial charge in [-0.1, -0.05) is 46.8 Å². The summed E-state index contributed by atoms with van der Waals surface area (Å²) < 4.78 is 5.23. The zero-order valence-corrected chi connectivity index (χ0v) is 27.1. The van der Waals surface area contributed by atoms with Crippen molar-refractivity contribution in [1.29, 1.82) is 0 Å². The first-order valence-electron chi connectivity index (χ1n) is 15.6. The SMILES string of the molecule is CC(C)[C@H](NC(=O)C1CCC(CN2C(=O)C=CC2=O)CC1)C(=O)N[C@@H](C)C(=O)Nc1ccc(COC(=O)NCC(C)(C)C)cc1. The van der Waals surface area contributed by atoms with E-state index in [2.05, 4.69) is 21.3 Å². The molecule has 0 saturated heterocycles. The molecule has 1 fully saturated rings. The van der Waals surface area contributed by atoms with Crippen LogP contribution in [0.4, 0.5) is 10.5 Å². The molecule has 0 bridgehead atoms. The fourth-order valence-corrected chi connectivity index (χ4v) is 5.12. The number of hydrogen-bond acceptors (Lipinski definition) is 7. The molecule has 1 aliphatic carbocycles. The van der Waals surface area contributed by atoms with Crippen LogP contribution in [0, 0.1) is 23.2 Å². The molecular formula is C33H47N5O7. The van der Waals surface area contributed by atoms with Crippen LogP contribution in [0.2, 0.25) is 0 Å². The Labute approximate surface area is 265 Å². The molecule has 2 aliphatic rings. The lowest BCUT2D eigenvalue weighted by Crippen LogP contribution is -2.54. The number of imide groups is 1. The van der Waals surface area contributed by atoms with Crippen LogP contribution >= 0.6 is 0 Å². The van der Waals surface area contributed by atoms with E-state index in [9.17, 15) is 28.8 Å². The fraction of sp³-hybridized carbons (Fsp3) is 0.576. The summed E-state index contributed by atoms with van der Waals surface area (Å²) in [5.74, 6) is -2.05. The first-order chi connectivity index (χ1) is 21.1. The largest absolute Gasteiger partial charge is 0.445 e. The number of rotatable bonds is 12. The van der Waals surface area contributed by atoms with E-state index < -0.39 is 30.0 Å². The summed E-state index contributed by atoms with van der Waals surface area (Å²) in [7, 11) is 0. The number of carbonyl (C=O) groups is 6. The van der Waals surface area contributed by atoms with Crippen molar-refractivity contribution in [3.63, 3.8) is 0 Å². The van der Waals surface area contributed by atoms with Crippen molar-refractivity contribution in [2.24, 2.45) is 23.2 Å². The normalized spacial score (nSPS) is 19.6. The predicted octanol–water partition coefficient (Wildman–Crippen LogP) is 3.27. The molecule has 45 heavy (non-hydrogen) atoms. The highest BCUT2D eigenvalue weighted by Gasteiger charge is 2.34. The summed E-state index contributed by atoms with van der Waals surface area (Å²) in [6.07, 6.45) is 4.64. The molecule has 1 saturated carbocycles. The van der Waals surface area contributed by atoms with Gasteiger partial charge in [0.15, 0.2) is 0 Å². The predicted molar refractivity (Wildman–Crippen MR) is 168 cm³/mol. The number of nitrogens with zero attached hydrogens (tertiary/aromatic N) is 1. The van der Waals surface area contributed by atoms with E-state index in [0.717, 1.165) is 5.56 Å². The topological polar surface area (TPSA) is 163 Å². The lowest BCUT2D eigenvalue weighted by Gasteiger charge is -2.31. The molecule has 0 aromatic heterocycles. The van der Waals surface area contributed by atoms with Crippen LogP contribution in [0.25, 0.3) is 0 Å². The minimum Gasteiger partial charge on any atom is -0.445 e. The van der Waals surface area contributed by atoms with E-state index in [1.54, 1.807) is 31.2 Å². The highest BCUT2D eigenvalue weighted by Crippen LogP contribution is 2.30. The smallest absolute Gasteiger partial charge is 0.407 e. The first-order valence-corrected chi connectivity index (χ1v) is 15.6. The lowest BCUT2D eigenvalue weighted by atomic mass is 9.81. The molecule has 6 amide bonds. The Kier molecular flexibility index (Phi) is 12.3. The summed E-state index contributed by atoms with van der Waals surface area (Å²) >= 11 is 0. The van der Waals surface area contributed by atoms with Crippen molar-refractivity contribution < 1.29 is 33.5 Å². The van der Waals surface area contributed by atoms with Gasteiger partial charge in [-0.25, -0.2) is 4.79 Å². The summed E-state index contributed by atoms with van der Waals surface area (Å²) in [5.41, 5.74) is 1.21. The molecule has 1 aromatic carbocycles. The molecule has 12 nitrogen and oxygen atoms in total. The summed E-state index contributed by atoms with van der Waals surface area (Å²) in [6.45, 7) is 12.2. The molecule has 0 spiro atoms. The number of anilines is 1. The van der Waals surface area contributed by atoms with E-state index in [4.69, 9.17) is 4.74 Å². The molecule has 1 aliphatic heterocycles. The maximum absolute atomic E-state index is 13.1. The summed E-state index contributed by atoms with van der Waals surface area (Å²) in [4.78, 5) is 75.9. The van der Waals surface area contributed by atoms with Crippen molar-refractivity contribution in [1.82, 2.24) is 20.9 Å². The van der Waals surface area contributed by atoms with Crippen LogP contribution in [0.3, 0.4) is 0 Å². The minimum atomic E-state index is -0.869. The van der Waals surface area contributed by atoms with E-state index in [1.165, 1.54) is 17.1 Å². The van der Waals surface area contributed by atoms with Gasteiger partial charge in [0.05, 0.1) is 0 Å². The molecule has 1 heterocycles. The van der Waals surface area contributed by atoms with Crippen LogP contribution in [-0.4, -0.2) is 65.7 Å². The Morgan fingerprint density at radius 3 is 2.04 bits per heavy atom. The highest BCUT2D eigenvalue weighted by molar-refractivity contribution is 6.12. The average Bonchev–Trinajstić information content (AvgIpc) is 3.30. The van der Waals surface area contributed by atoms with Gasteiger partial charge >= 0.3 is 6.09 Å². The van der Waals surface area contributed by atoms with Crippen LogP contribution in [0.15, 0.2) is 36.4 Å². The van der Waals surface area contributed by atoms with Crippen LogP contribution in [0.5, 0.6) is 0 Å².